The summed E-state index contributed by atoms with van der Waals surface area (Å²) >= 11 is 6.64. The Kier molecular flexibility index (Phi) is 7.70. The Balaban J connectivity index is 0.000000232. The first-order chi connectivity index (χ1) is 14.0. The van der Waals surface area contributed by atoms with Gasteiger partial charge in [-0.15, -0.1) is 11.6 Å². The number of halogens is 4. The molecule has 0 aliphatic carbocycles. The monoisotopic (exact) mass is 436 g/mol. The van der Waals surface area contributed by atoms with Gasteiger partial charge in [0, 0.05) is 5.56 Å². The van der Waals surface area contributed by atoms with Crippen molar-refractivity contribution in [1.82, 2.24) is 0 Å². The zero-order valence-corrected chi connectivity index (χ0v) is 17.7. The highest BCUT2D eigenvalue weighted by Gasteiger charge is 2.44. The van der Waals surface area contributed by atoms with E-state index in [0.29, 0.717) is 6.54 Å². The van der Waals surface area contributed by atoms with E-state index < -0.39 is 22.2 Å². The van der Waals surface area contributed by atoms with Crippen molar-refractivity contribution in [3.8, 4) is 0 Å². The fourth-order valence-corrected chi connectivity index (χ4v) is 3.16. The van der Waals surface area contributed by atoms with Gasteiger partial charge < -0.3 is 10.8 Å². The van der Waals surface area contributed by atoms with E-state index in [4.69, 9.17) is 11.6 Å². The minimum atomic E-state index is -4.24. The summed E-state index contributed by atoms with van der Waals surface area (Å²) < 4.78 is 36.0. The highest BCUT2D eigenvalue weighted by atomic mass is 35.5. The van der Waals surface area contributed by atoms with E-state index in [-0.39, 0.29) is 0 Å². The molecule has 0 saturated carbocycles. The van der Waals surface area contributed by atoms with Gasteiger partial charge in [0.05, 0.1) is 17.0 Å². The molecular weight excluding hydrogens is 411 g/mol. The number of aliphatic hydroxyl groups is 1. The molecule has 0 bridgehead atoms. The Morgan fingerprint density at radius 2 is 1.17 bits per heavy atom. The number of benzene rings is 3. The molecule has 2 nitrogen and oxygen atoms in total. The Labute approximate surface area is 180 Å². The highest BCUT2D eigenvalue weighted by Crippen LogP contribution is 2.45. The van der Waals surface area contributed by atoms with E-state index in [1.807, 2.05) is 67.6 Å². The first-order valence-corrected chi connectivity index (χ1v) is 9.85. The smallest absolute Gasteiger partial charge is 0.383 e. The predicted molar refractivity (Wildman–Crippen MR) is 114 cm³/mol. The summed E-state index contributed by atoms with van der Waals surface area (Å²) in [4.78, 5) is -0.879. The maximum atomic E-state index is 12.0. The number of alkyl halides is 4. The molecule has 3 aromatic carbocycles. The molecule has 2 atom stereocenters. The summed E-state index contributed by atoms with van der Waals surface area (Å²) in [6.45, 7) is 4.11. The first-order valence-electron chi connectivity index (χ1n) is 9.48. The summed E-state index contributed by atoms with van der Waals surface area (Å²) in [5.41, 5.74) is 4.34. The lowest BCUT2D eigenvalue weighted by atomic mass is 9.79. The van der Waals surface area contributed by atoms with Crippen molar-refractivity contribution in [1.29, 1.82) is 0 Å². The van der Waals surface area contributed by atoms with Gasteiger partial charge in [0.25, 0.3) is 0 Å². The zero-order chi connectivity index (χ0) is 22.4. The molecule has 0 amide bonds. The maximum absolute atomic E-state index is 12.0. The summed E-state index contributed by atoms with van der Waals surface area (Å²) in [5.74, 6) is 0. The van der Waals surface area contributed by atoms with Gasteiger partial charge >= 0.3 is 6.18 Å². The van der Waals surface area contributed by atoms with Crippen molar-refractivity contribution < 1.29 is 24.0 Å². The topological polar surface area (TPSA) is 47.9 Å². The molecule has 6 heteroatoms. The van der Waals surface area contributed by atoms with Gasteiger partial charge in [0.2, 0.25) is 0 Å². The van der Waals surface area contributed by atoms with Gasteiger partial charge in [-0.25, -0.2) is 0 Å². The Morgan fingerprint density at radius 3 is 1.57 bits per heavy atom. The van der Waals surface area contributed by atoms with Crippen molar-refractivity contribution in [3.63, 3.8) is 0 Å². The number of hydrogen-bond acceptors (Lipinski definition) is 1. The Bertz CT molecular complexity index is 859. The van der Waals surface area contributed by atoms with Gasteiger partial charge in [-0.1, -0.05) is 72.8 Å². The highest BCUT2D eigenvalue weighted by molar-refractivity contribution is 6.24. The SMILES string of the molecule is CC(O)(c1ccccc1)C(C)(Cl)c1ccccc1.[NH3+]Cc1ccc(C(F)(F)F)cc1. The zero-order valence-electron chi connectivity index (χ0n) is 17.0. The molecule has 0 radical (unpaired) electrons. The van der Waals surface area contributed by atoms with E-state index >= 15 is 0 Å². The lowest BCUT2D eigenvalue weighted by Crippen LogP contribution is -2.47. The molecule has 3 aromatic rings. The third-order valence-corrected chi connectivity index (χ3v) is 5.72. The minimum Gasteiger partial charge on any atom is -0.383 e. The van der Waals surface area contributed by atoms with Crippen LogP contribution in [0.2, 0.25) is 0 Å². The van der Waals surface area contributed by atoms with Gasteiger partial charge in [0.15, 0.2) is 0 Å². The Morgan fingerprint density at radius 1 is 0.733 bits per heavy atom. The molecule has 0 aliphatic heterocycles. The standard InChI is InChI=1S/C16H17ClO.C8H8F3N/c1-15(17,13-9-5-3-6-10-13)16(2,18)14-11-7-4-8-12-14;9-8(10,11)7-3-1-6(5-12)2-4-7/h3-12,18H,1-2H3;1-4H,5,12H2/p+1. The normalized spacial score (nSPS) is 15.3. The molecular formula is C24H26ClF3NO+. The molecule has 3 rings (SSSR count). The number of quaternary nitrogens is 1. The van der Waals surface area contributed by atoms with Crippen LogP contribution in [-0.4, -0.2) is 5.11 Å². The van der Waals surface area contributed by atoms with Crippen LogP contribution in [0, 0.1) is 0 Å². The van der Waals surface area contributed by atoms with Crippen LogP contribution in [0.1, 0.15) is 36.1 Å². The van der Waals surface area contributed by atoms with Crippen molar-refractivity contribution >= 4 is 11.6 Å². The molecule has 0 saturated heterocycles. The largest absolute Gasteiger partial charge is 0.416 e. The van der Waals surface area contributed by atoms with E-state index in [1.54, 1.807) is 6.92 Å². The molecule has 0 aromatic heterocycles. The van der Waals surface area contributed by atoms with Crippen LogP contribution in [0.15, 0.2) is 84.9 Å². The van der Waals surface area contributed by atoms with Crippen molar-refractivity contribution in [2.75, 3.05) is 0 Å². The van der Waals surface area contributed by atoms with Crippen molar-refractivity contribution in [3.05, 3.63) is 107 Å². The molecule has 2 unspecified atom stereocenters. The molecule has 4 N–H and O–H groups in total. The summed E-state index contributed by atoms with van der Waals surface area (Å²) in [5, 5.41) is 10.8. The second kappa shape index (κ2) is 9.65. The summed E-state index contributed by atoms with van der Waals surface area (Å²) in [7, 11) is 0. The quantitative estimate of drug-likeness (QED) is 0.521. The van der Waals surface area contributed by atoms with E-state index in [2.05, 4.69) is 5.73 Å². The fourth-order valence-electron chi connectivity index (χ4n) is 2.93. The lowest BCUT2D eigenvalue weighted by molar-refractivity contribution is -0.386. The predicted octanol–water partition coefficient (Wildman–Crippen LogP) is 5.50. The number of hydrogen-bond donors (Lipinski definition) is 2. The van der Waals surface area contributed by atoms with Crippen LogP contribution in [0.4, 0.5) is 13.2 Å². The van der Waals surface area contributed by atoms with E-state index in [0.717, 1.165) is 28.8 Å². The third-order valence-electron chi connectivity index (χ3n) is 5.14. The lowest BCUT2D eigenvalue weighted by Gasteiger charge is -2.38. The van der Waals surface area contributed by atoms with Crippen LogP contribution in [-0.2, 0) is 23.2 Å². The molecule has 0 fully saturated rings. The molecule has 0 heterocycles. The third kappa shape index (κ3) is 5.63. The second-order valence-corrected chi connectivity index (χ2v) is 8.01. The molecule has 30 heavy (non-hydrogen) atoms. The number of rotatable bonds is 4. The van der Waals surface area contributed by atoms with Crippen LogP contribution < -0.4 is 5.73 Å². The van der Waals surface area contributed by atoms with Crippen LogP contribution in [0.25, 0.3) is 0 Å². The van der Waals surface area contributed by atoms with Gasteiger partial charge in [-0.05, 0) is 37.1 Å². The van der Waals surface area contributed by atoms with Gasteiger partial charge in [-0.3, -0.25) is 0 Å². The maximum Gasteiger partial charge on any atom is 0.416 e. The van der Waals surface area contributed by atoms with E-state index in [1.165, 1.54) is 12.1 Å². The summed E-state index contributed by atoms with van der Waals surface area (Å²) in [6.07, 6.45) is -4.24. The van der Waals surface area contributed by atoms with Crippen LogP contribution >= 0.6 is 11.6 Å². The summed E-state index contributed by atoms with van der Waals surface area (Å²) in [6, 6.07) is 24.2. The average molecular weight is 437 g/mol. The second-order valence-electron chi connectivity index (χ2n) is 7.25. The fraction of sp³-hybridized carbons (Fsp3) is 0.250. The molecule has 160 valence electrons. The van der Waals surface area contributed by atoms with E-state index in [9.17, 15) is 18.3 Å². The molecule has 0 aliphatic rings. The van der Waals surface area contributed by atoms with Crippen LogP contribution in [0.3, 0.4) is 0 Å². The van der Waals surface area contributed by atoms with Gasteiger partial charge in [-0.2, -0.15) is 13.2 Å². The van der Waals surface area contributed by atoms with Gasteiger partial charge in [0.1, 0.15) is 5.60 Å². The first kappa shape index (κ1) is 23.9. The average Bonchev–Trinajstić information content (AvgIpc) is 2.75. The minimum absolute atomic E-state index is 0.512. The van der Waals surface area contributed by atoms with Crippen LogP contribution in [0.5, 0.6) is 0 Å². The van der Waals surface area contributed by atoms with Crippen molar-refractivity contribution in [2.24, 2.45) is 0 Å². The molecule has 0 spiro atoms. The Hall–Kier alpha value is -2.34. The van der Waals surface area contributed by atoms with Crippen molar-refractivity contribution in [2.45, 2.75) is 37.0 Å².